The monoisotopic (exact) mass is 379 g/mol. The van der Waals surface area contributed by atoms with Crippen LogP contribution in [0.25, 0.3) is 0 Å². The molecule has 0 spiro atoms. The Labute approximate surface area is 150 Å². The minimum absolute atomic E-state index is 0.0618. The summed E-state index contributed by atoms with van der Waals surface area (Å²) in [5.74, 6) is 0.380. The lowest BCUT2D eigenvalue weighted by molar-refractivity contribution is -0.116. The van der Waals surface area contributed by atoms with E-state index in [0.717, 1.165) is 11.3 Å². The number of sulfone groups is 1. The molecule has 0 aliphatic carbocycles. The van der Waals surface area contributed by atoms with Crippen LogP contribution in [0, 0.1) is 11.3 Å². The van der Waals surface area contributed by atoms with Crippen LogP contribution < -0.4 is 4.74 Å². The number of nitrogens with zero attached hydrogens (tertiary/aromatic N) is 3. The van der Waals surface area contributed by atoms with Crippen molar-refractivity contribution in [1.82, 2.24) is 4.90 Å². The highest BCUT2D eigenvalue weighted by atomic mass is 32.2. The molecule has 0 N–H and O–H groups in total. The van der Waals surface area contributed by atoms with Gasteiger partial charge in [-0.3, -0.25) is 4.79 Å². The number of hydrogen-bond donors (Lipinski definition) is 0. The van der Waals surface area contributed by atoms with Gasteiger partial charge in [0, 0.05) is 11.8 Å². The first-order valence-corrected chi connectivity index (χ1v) is 10.4. The summed E-state index contributed by atoms with van der Waals surface area (Å²) in [6.45, 7) is 0.451. The number of carbonyl (C=O) groups excluding carboxylic acids is 1. The van der Waals surface area contributed by atoms with Crippen molar-refractivity contribution in [3.8, 4) is 11.8 Å². The fourth-order valence-corrected chi connectivity index (χ4v) is 6.93. The van der Waals surface area contributed by atoms with Gasteiger partial charge >= 0.3 is 0 Å². The summed E-state index contributed by atoms with van der Waals surface area (Å²) >= 11 is 1.31. The van der Waals surface area contributed by atoms with Crippen molar-refractivity contribution in [2.75, 3.05) is 18.6 Å². The van der Waals surface area contributed by atoms with E-state index in [1.807, 2.05) is 29.2 Å². The lowest BCUT2D eigenvalue weighted by Gasteiger charge is -2.24. The van der Waals surface area contributed by atoms with Crippen LogP contribution in [0.2, 0.25) is 0 Å². The number of benzene rings is 1. The Kier molecular flexibility index (Phi) is 5.01. The van der Waals surface area contributed by atoms with Gasteiger partial charge in [-0.05, 0) is 17.7 Å². The first-order chi connectivity index (χ1) is 11.9. The minimum atomic E-state index is -3.08. The van der Waals surface area contributed by atoms with Gasteiger partial charge in [0.2, 0.25) is 0 Å². The molecule has 2 aliphatic heterocycles. The Bertz CT molecular complexity index is 843. The number of nitriles is 1. The maximum atomic E-state index is 12.0. The number of rotatable bonds is 4. The topological polar surface area (TPSA) is 99.8 Å². The number of hydrogen-bond acceptors (Lipinski definition) is 6. The zero-order valence-electron chi connectivity index (χ0n) is 13.6. The highest BCUT2D eigenvalue weighted by molar-refractivity contribution is 8.15. The molecular formula is C16H17N3O4S2. The Morgan fingerprint density at radius 2 is 2.12 bits per heavy atom. The predicted octanol–water partition coefficient (Wildman–Crippen LogP) is 1.21. The quantitative estimate of drug-likeness (QED) is 0.775. The number of methoxy groups -OCH3 is 1. The number of fused-ring (bicyclic) bond motifs is 1. The molecule has 0 saturated carbocycles. The van der Waals surface area contributed by atoms with Crippen molar-refractivity contribution in [3.05, 3.63) is 29.8 Å². The molecule has 3 rings (SSSR count). The second kappa shape index (κ2) is 7.06. The summed E-state index contributed by atoms with van der Waals surface area (Å²) in [5, 5.41) is 9.01. The summed E-state index contributed by atoms with van der Waals surface area (Å²) in [7, 11) is -1.49. The van der Waals surface area contributed by atoms with E-state index in [1.54, 1.807) is 13.2 Å². The summed E-state index contributed by atoms with van der Waals surface area (Å²) < 4.78 is 29.0. The smallest absolute Gasteiger partial charge is 0.262 e. The van der Waals surface area contributed by atoms with Crippen LogP contribution >= 0.6 is 11.8 Å². The van der Waals surface area contributed by atoms with Crippen molar-refractivity contribution >= 4 is 32.7 Å². The highest BCUT2D eigenvalue weighted by Gasteiger charge is 2.48. The van der Waals surface area contributed by atoms with Crippen molar-refractivity contribution in [3.63, 3.8) is 0 Å². The normalized spacial score (nSPS) is 25.6. The van der Waals surface area contributed by atoms with Crippen LogP contribution in [0.4, 0.5) is 0 Å². The second-order valence-electron chi connectivity index (χ2n) is 5.90. The predicted molar refractivity (Wildman–Crippen MR) is 95.0 cm³/mol. The first kappa shape index (κ1) is 17.8. The molecule has 1 amide bonds. The van der Waals surface area contributed by atoms with Gasteiger partial charge in [0.05, 0.1) is 30.7 Å². The molecule has 1 aromatic carbocycles. The van der Waals surface area contributed by atoms with Gasteiger partial charge in [-0.2, -0.15) is 10.3 Å². The number of amidine groups is 1. The third-order valence-corrected chi connectivity index (χ3v) is 7.39. The molecule has 132 valence electrons. The first-order valence-electron chi connectivity index (χ1n) is 7.67. The standard InChI is InChI=1S/C16H17N3O4S2/c1-23-12-4-2-11(3-5-12)8-19-13-9-25(21,22)10-14(13)24-16(19)18-15(20)6-7-17/h2-5,13-14H,6,8-10H2,1H3/t13-,14+/m0/s1. The second-order valence-corrected chi connectivity index (χ2v) is 9.26. The SMILES string of the molecule is COc1ccc(CN2C(=NC(=O)CC#N)S[C@@H]3CS(=O)(=O)C[C@@H]32)cc1. The molecule has 0 radical (unpaired) electrons. The van der Waals surface area contributed by atoms with Crippen molar-refractivity contribution in [2.45, 2.75) is 24.3 Å². The molecule has 2 saturated heterocycles. The van der Waals surface area contributed by atoms with Crippen molar-refractivity contribution in [1.29, 1.82) is 5.26 Å². The maximum Gasteiger partial charge on any atom is 0.262 e. The summed E-state index contributed by atoms with van der Waals surface area (Å²) in [5.41, 5.74) is 0.965. The van der Waals surface area contributed by atoms with Crippen LogP contribution in [0.3, 0.4) is 0 Å². The van der Waals surface area contributed by atoms with Gasteiger partial charge in [0.1, 0.15) is 12.2 Å². The summed E-state index contributed by atoms with van der Waals surface area (Å²) in [4.78, 5) is 17.6. The van der Waals surface area contributed by atoms with E-state index in [1.165, 1.54) is 11.8 Å². The lowest BCUT2D eigenvalue weighted by Crippen LogP contribution is -2.37. The van der Waals surface area contributed by atoms with Crippen LogP contribution in [-0.2, 0) is 21.2 Å². The van der Waals surface area contributed by atoms with E-state index < -0.39 is 15.7 Å². The molecule has 9 heteroatoms. The Morgan fingerprint density at radius 1 is 1.40 bits per heavy atom. The van der Waals surface area contributed by atoms with Gasteiger partial charge in [-0.15, -0.1) is 0 Å². The third kappa shape index (κ3) is 3.96. The number of thioether (sulfide) groups is 1. The fraction of sp³-hybridized carbons (Fsp3) is 0.438. The van der Waals surface area contributed by atoms with E-state index in [4.69, 9.17) is 10.00 Å². The third-order valence-electron chi connectivity index (χ3n) is 4.14. The highest BCUT2D eigenvalue weighted by Crippen LogP contribution is 2.39. The Balaban J connectivity index is 1.86. The van der Waals surface area contributed by atoms with Crippen LogP contribution in [-0.4, -0.2) is 54.3 Å². The lowest BCUT2D eigenvalue weighted by atomic mass is 10.1. The Hall–Kier alpha value is -2.05. The number of carbonyl (C=O) groups is 1. The van der Waals surface area contributed by atoms with E-state index in [0.29, 0.717) is 11.7 Å². The van der Waals surface area contributed by atoms with E-state index in [2.05, 4.69) is 4.99 Å². The summed E-state index contributed by atoms with van der Waals surface area (Å²) in [6, 6.07) is 9.05. The number of aliphatic imine (C=N–C) groups is 1. The minimum Gasteiger partial charge on any atom is -0.497 e. The molecule has 2 aliphatic rings. The van der Waals surface area contributed by atoms with Gasteiger partial charge in [0.25, 0.3) is 5.91 Å². The fourth-order valence-electron chi connectivity index (χ4n) is 2.96. The average Bonchev–Trinajstić information content (AvgIpc) is 3.01. The molecule has 2 heterocycles. The largest absolute Gasteiger partial charge is 0.497 e. The molecule has 7 nitrogen and oxygen atoms in total. The van der Waals surface area contributed by atoms with Gasteiger partial charge in [-0.25, -0.2) is 8.42 Å². The molecule has 0 unspecified atom stereocenters. The molecular weight excluding hydrogens is 362 g/mol. The molecule has 0 bridgehead atoms. The van der Waals surface area contributed by atoms with Gasteiger partial charge in [-0.1, -0.05) is 23.9 Å². The van der Waals surface area contributed by atoms with Crippen molar-refractivity contribution < 1.29 is 17.9 Å². The molecule has 2 fully saturated rings. The average molecular weight is 379 g/mol. The molecule has 0 aromatic heterocycles. The van der Waals surface area contributed by atoms with E-state index in [-0.39, 0.29) is 29.2 Å². The molecule has 2 atom stereocenters. The van der Waals surface area contributed by atoms with Gasteiger partial charge in [0.15, 0.2) is 15.0 Å². The maximum absolute atomic E-state index is 12.0. The van der Waals surface area contributed by atoms with E-state index >= 15 is 0 Å². The molecule has 1 aromatic rings. The number of amides is 1. The Morgan fingerprint density at radius 3 is 2.76 bits per heavy atom. The van der Waals surface area contributed by atoms with Gasteiger partial charge < -0.3 is 9.64 Å². The van der Waals surface area contributed by atoms with Crippen molar-refractivity contribution in [2.24, 2.45) is 4.99 Å². The zero-order valence-corrected chi connectivity index (χ0v) is 15.2. The van der Waals surface area contributed by atoms with Crippen LogP contribution in [0.5, 0.6) is 5.75 Å². The zero-order chi connectivity index (χ0) is 18.0. The number of ether oxygens (including phenoxy) is 1. The molecule has 25 heavy (non-hydrogen) atoms. The van der Waals surface area contributed by atoms with Crippen LogP contribution in [0.1, 0.15) is 12.0 Å². The van der Waals surface area contributed by atoms with E-state index in [9.17, 15) is 13.2 Å². The summed E-state index contributed by atoms with van der Waals surface area (Å²) in [6.07, 6.45) is -0.284. The van der Waals surface area contributed by atoms with Crippen LogP contribution in [0.15, 0.2) is 29.3 Å².